The molecule has 1 saturated heterocycles. The lowest BCUT2D eigenvalue weighted by molar-refractivity contribution is 0.148. The molecule has 0 aromatic heterocycles. The predicted octanol–water partition coefficient (Wildman–Crippen LogP) is -1.11. The minimum absolute atomic E-state index is 0.0486. The van der Waals surface area contributed by atoms with E-state index in [1.54, 1.807) is 0 Å². The fraction of sp³-hybridized carbons (Fsp3) is 1.00. The fourth-order valence-corrected chi connectivity index (χ4v) is 1.29. The van der Waals surface area contributed by atoms with Crippen molar-refractivity contribution in [1.82, 2.24) is 5.32 Å². The number of hydrogen-bond donors (Lipinski definition) is 1. The first-order chi connectivity index (χ1) is 3.71. The summed E-state index contributed by atoms with van der Waals surface area (Å²) in [4.78, 5) is 0. The lowest BCUT2D eigenvalue weighted by Gasteiger charge is -2.11. The lowest BCUT2D eigenvalue weighted by Crippen LogP contribution is -2.34. The van der Waals surface area contributed by atoms with Crippen LogP contribution in [0.2, 0.25) is 0 Å². The smallest absolute Gasteiger partial charge is 0.187 e. The molecule has 0 saturated carbocycles. The van der Waals surface area contributed by atoms with Crippen molar-refractivity contribution in [1.29, 1.82) is 0 Å². The van der Waals surface area contributed by atoms with Gasteiger partial charge in [-0.3, -0.25) is 5.32 Å². The summed E-state index contributed by atoms with van der Waals surface area (Å²) in [5, 5.41) is 2.56. The van der Waals surface area contributed by atoms with Gasteiger partial charge in [0.05, 0.1) is 6.73 Å². The van der Waals surface area contributed by atoms with Crippen molar-refractivity contribution in [2.45, 2.75) is 0 Å². The monoisotopic (exact) mass is 137 g/mol. The Bertz CT molecular complexity index is 149. The molecule has 0 bridgehead atoms. The summed E-state index contributed by atoms with van der Waals surface area (Å²) in [6.07, 6.45) is 0. The summed E-state index contributed by atoms with van der Waals surface area (Å²) in [5.74, 6) is -0.0903. The van der Waals surface area contributed by atoms with E-state index in [-0.39, 0.29) is 11.8 Å². The van der Waals surface area contributed by atoms with E-state index in [4.69, 9.17) is 0 Å². The Morgan fingerprint density at radius 1 is 1.50 bits per heavy atom. The second kappa shape index (κ2) is 2.00. The van der Waals surface area contributed by atoms with Gasteiger partial charge in [0.2, 0.25) is 0 Å². The maximum atomic E-state index is 10.5. The second-order valence-electron chi connectivity index (χ2n) is 1.60. The summed E-state index contributed by atoms with van der Waals surface area (Å²) in [6, 6.07) is 0. The van der Waals surface area contributed by atoms with Crippen LogP contribution in [0.1, 0.15) is 0 Å². The van der Waals surface area contributed by atoms with E-state index >= 15 is 0 Å². The molecule has 5 heteroatoms. The summed E-state index contributed by atoms with van der Waals surface area (Å²) >= 11 is 0. The summed E-state index contributed by atoms with van der Waals surface area (Å²) in [7, 11) is -2.92. The van der Waals surface area contributed by atoms with E-state index in [2.05, 4.69) is 10.1 Å². The zero-order valence-electron chi connectivity index (χ0n) is 4.25. The molecule has 4 nitrogen and oxygen atoms in total. The molecule has 0 atom stereocenters. The summed E-state index contributed by atoms with van der Waals surface area (Å²) < 4.78 is 25.5. The molecule has 1 heterocycles. The average molecular weight is 137 g/mol. The maximum Gasteiger partial charge on any atom is 0.187 e. The lowest BCUT2D eigenvalue weighted by atomic mass is 11.1. The number of rotatable bonds is 0. The molecule has 0 unspecified atom stereocenters. The molecule has 1 aliphatic rings. The average Bonchev–Trinajstić information content (AvgIpc) is 1.65. The molecule has 1 rings (SSSR count). The normalized spacial score (nSPS) is 27.5. The van der Waals surface area contributed by atoms with Crippen molar-refractivity contribution in [3.05, 3.63) is 0 Å². The molecular formula is C3H7NO3S. The molecule has 1 N–H and O–H groups in total. The highest BCUT2D eigenvalue weighted by Gasteiger charge is 2.13. The topological polar surface area (TPSA) is 55.4 Å². The Morgan fingerprint density at radius 2 is 2.25 bits per heavy atom. The minimum Gasteiger partial charge on any atom is -0.350 e. The Morgan fingerprint density at radius 3 is 2.50 bits per heavy atom. The molecule has 0 aromatic rings. The highest BCUT2D eigenvalue weighted by molar-refractivity contribution is 7.91. The van der Waals surface area contributed by atoms with Crippen LogP contribution >= 0.6 is 0 Å². The second-order valence-corrected chi connectivity index (χ2v) is 3.62. The first-order valence-electron chi connectivity index (χ1n) is 2.20. The van der Waals surface area contributed by atoms with Gasteiger partial charge in [0, 0.05) is 0 Å². The highest BCUT2D eigenvalue weighted by Crippen LogP contribution is 1.92. The number of hydrogen-bond acceptors (Lipinski definition) is 4. The third-order valence-corrected chi connectivity index (χ3v) is 1.96. The SMILES string of the molecule is O=S1(=O)CNCOC1. The van der Waals surface area contributed by atoms with E-state index in [0.29, 0.717) is 6.73 Å². The van der Waals surface area contributed by atoms with Crippen molar-refractivity contribution < 1.29 is 13.2 Å². The van der Waals surface area contributed by atoms with Crippen molar-refractivity contribution in [3.63, 3.8) is 0 Å². The van der Waals surface area contributed by atoms with Gasteiger partial charge in [-0.1, -0.05) is 0 Å². The molecular weight excluding hydrogens is 130 g/mol. The van der Waals surface area contributed by atoms with Crippen LogP contribution in [0.3, 0.4) is 0 Å². The van der Waals surface area contributed by atoms with Gasteiger partial charge in [-0.15, -0.1) is 0 Å². The van der Waals surface area contributed by atoms with E-state index in [0.717, 1.165) is 0 Å². The maximum absolute atomic E-state index is 10.5. The number of sulfone groups is 1. The molecule has 1 aliphatic heterocycles. The third kappa shape index (κ3) is 1.43. The van der Waals surface area contributed by atoms with Crippen LogP contribution in [-0.4, -0.2) is 27.0 Å². The molecule has 8 heavy (non-hydrogen) atoms. The molecule has 1 fully saturated rings. The summed E-state index contributed by atoms with van der Waals surface area (Å²) in [6.45, 7) is 0.346. The van der Waals surface area contributed by atoms with Gasteiger partial charge in [-0.2, -0.15) is 0 Å². The van der Waals surface area contributed by atoms with Crippen molar-refractivity contribution in [3.8, 4) is 0 Å². The number of nitrogens with one attached hydrogen (secondary N) is 1. The van der Waals surface area contributed by atoms with Crippen molar-refractivity contribution >= 4 is 9.84 Å². The van der Waals surface area contributed by atoms with Gasteiger partial charge in [-0.05, 0) is 0 Å². The highest BCUT2D eigenvalue weighted by atomic mass is 32.2. The Hall–Kier alpha value is -0.130. The van der Waals surface area contributed by atoms with E-state index in [9.17, 15) is 8.42 Å². The Labute approximate surface area is 47.8 Å². The van der Waals surface area contributed by atoms with Crippen molar-refractivity contribution in [2.24, 2.45) is 0 Å². The van der Waals surface area contributed by atoms with Crippen LogP contribution in [0.4, 0.5) is 0 Å². The van der Waals surface area contributed by atoms with Crippen LogP contribution in [-0.2, 0) is 14.6 Å². The Balaban J connectivity index is 2.58. The van der Waals surface area contributed by atoms with Gasteiger partial charge in [0.1, 0.15) is 5.88 Å². The molecule has 0 spiro atoms. The van der Waals surface area contributed by atoms with Crippen LogP contribution in [0.25, 0.3) is 0 Å². The third-order valence-electron chi connectivity index (χ3n) is 0.789. The fourth-order valence-electron chi connectivity index (χ4n) is 0.480. The largest absolute Gasteiger partial charge is 0.350 e. The Kier molecular flexibility index (Phi) is 1.50. The van der Waals surface area contributed by atoms with E-state index in [1.807, 2.05) is 0 Å². The quantitative estimate of drug-likeness (QED) is 0.460. The first-order valence-corrected chi connectivity index (χ1v) is 4.02. The minimum atomic E-state index is -2.92. The van der Waals surface area contributed by atoms with Gasteiger partial charge in [0.25, 0.3) is 0 Å². The number of ether oxygens (including phenoxy) is 1. The van der Waals surface area contributed by atoms with Crippen LogP contribution in [0, 0.1) is 0 Å². The molecule has 0 amide bonds. The summed E-state index contributed by atoms with van der Waals surface area (Å²) in [5.41, 5.74) is 0. The zero-order valence-corrected chi connectivity index (χ0v) is 5.07. The van der Waals surface area contributed by atoms with Crippen LogP contribution in [0.5, 0.6) is 0 Å². The van der Waals surface area contributed by atoms with Gasteiger partial charge >= 0.3 is 0 Å². The van der Waals surface area contributed by atoms with Gasteiger partial charge in [-0.25, -0.2) is 8.42 Å². The molecule has 0 aromatic carbocycles. The van der Waals surface area contributed by atoms with Gasteiger partial charge < -0.3 is 4.74 Å². The van der Waals surface area contributed by atoms with E-state index in [1.165, 1.54) is 0 Å². The van der Waals surface area contributed by atoms with E-state index < -0.39 is 9.84 Å². The van der Waals surface area contributed by atoms with Crippen LogP contribution < -0.4 is 5.32 Å². The standard InChI is InChI=1S/C3H7NO3S/c5-8(6)2-4-1-7-3-8/h4H,1-3H2. The molecule has 48 valence electrons. The molecule has 0 aliphatic carbocycles. The van der Waals surface area contributed by atoms with Crippen molar-refractivity contribution in [2.75, 3.05) is 18.5 Å². The van der Waals surface area contributed by atoms with Gasteiger partial charge in [0.15, 0.2) is 15.8 Å². The first kappa shape index (κ1) is 6.00. The predicted molar refractivity (Wildman–Crippen MR) is 27.7 cm³/mol. The molecule has 0 radical (unpaired) electrons. The van der Waals surface area contributed by atoms with Crippen LogP contribution in [0.15, 0.2) is 0 Å². The zero-order chi connectivity index (χ0) is 6.04.